The second-order valence-corrected chi connectivity index (χ2v) is 7.05. The van der Waals surface area contributed by atoms with Crippen LogP contribution in [0.5, 0.6) is 11.5 Å². The summed E-state index contributed by atoms with van der Waals surface area (Å²) in [6.45, 7) is 1.06. The van der Waals surface area contributed by atoms with E-state index in [2.05, 4.69) is 5.32 Å². The molecule has 2 heterocycles. The second kappa shape index (κ2) is 7.48. The Morgan fingerprint density at radius 1 is 1.19 bits per heavy atom. The molecule has 1 atom stereocenters. The molecule has 2 aromatic carbocycles. The Bertz CT molecular complexity index is 886. The first-order valence-electron chi connectivity index (χ1n) is 8.82. The Balaban J connectivity index is 1.33. The molecule has 0 radical (unpaired) electrons. The van der Waals surface area contributed by atoms with E-state index in [1.54, 1.807) is 17.0 Å². The molecule has 2 amide bonds. The van der Waals surface area contributed by atoms with Crippen LogP contribution < -0.4 is 19.7 Å². The first-order valence-corrected chi connectivity index (χ1v) is 9.20. The summed E-state index contributed by atoms with van der Waals surface area (Å²) in [5, 5.41) is 3.60. The molecule has 140 valence electrons. The minimum atomic E-state index is -0.359. The Labute approximate surface area is 162 Å². The first-order chi connectivity index (χ1) is 13.1. The molecule has 1 saturated heterocycles. The van der Waals surface area contributed by atoms with Gasteiger partial charge in [-0.2, -0.15) is 0 Å². The minimum Gasteiger partial charge on any atom is -0.454 e. The lowest BCUT2D eigenvalue weighted by molar-refractivity contribution is -0.126. The van der Waals surface area contributed by atoms with Crippen LogP contribution in [0.25, 0.3) is 0 Å². The van der Waals surface area contributed by atoms with Crippen molar-refractivity contribution in [1.82, 2.24) is 5.32 Å². The van der Waals surface area contributed by atoms with Crippen LogP contribution in [0.1, 0.15) is 12.0 Å². The van der Waals surface area contributed by atoms with Crippen LogP contribution in [0.4, 0.5) is 5.69 Å². The number of carbonyl (C=O) groups is 2. The third-order valence-corrected chi connectivity index (χ3v) is 5.00. The molecular formula is C20H19ClN2O4. The number of benzene rings is 2. The van der Waals surface area contributed by atoms with Gasteiger partial charge in [-0.1, -0.05) is 23.7 Å². The predicted molar refractivity (Wildman–Crippen MR) is 101 cm³/mol. The fourth-order valence-corrected chi connectivity index (χ4v) is 3.57. The van der Waals surface area contributed by atoms with Crippen molar-refractivity contribution < 1.29 is 19.1 Å². The summed E-state index contributed by atoms with van der Waals surface area (Å²) in [6, 6.07) is 12.9. The molecule has 0 saturated carbocycles. The van der Waals surface area contributed by atoms with Gasteiger partial charge in [0.05, 0.1) is 5.92 Å². The standard InChI is InChI=1S/C20H19ClN2O4/c21-15-3-1-2-13(8-15)6-7-22-20(25)14-9-19(24)23(11-14)16-4-5-17-18(10-16)27-12-26-17/h1-5,8,10,14H,6-7,9,11-12H2,(H,22,25). The number of nitrogens with zero attached hydrogens (tertiary/aromatic N) is 1. The van der Waals surface area contributed by atoms with E-state index in [0.29, 0.717) is 36.0 Å². The summed E-state index contributed by atoms with van der Waals surface area (Å²) in [4.78, 5) is 26.5. The van der Waals surface area contributed by atoms with Gasteiger partial charge in [-0.25, -0.2) is 0 Å². The normalized spacial score (nSPS) is 18.0. The minimum absolute atomic E-state index is 0.0659. The topological polar surface area (TPSA) is 67.9 Å². The van der Waals surface area contributed by atoms with Gasteiger partial charge in [0.15, 0.2) is 11.5 Å². The fraction of sp³-hybridized carbons (Fsp3) is 0.300. The zero-order chi connectivity index (χ0) is 18.8. The largest absolute Gasteiger partial charge is 0.454 e. The molecule has 0 spiro atoms. The molecule has 1 fully saturated rings. The molecule has 2 aliphatic rings. The number of hydrogen-bond acceptors (Lipinski definition) is 4. The SMILES string of the molecule is O=C(NCCc1cccc(Cl)c1)C1CC(=O)N(c2ccc3c(c2)OCO3)C1. The van der Waals surface area contributed by atoms with Crippen molar-refractivity contribution in [2.24, 2.45) is 5.92 Å². The average molecular weight is 387 g/mol. The van der Waals surface area contributed by atoms with Crippen LogP contribution in [0.15, 0.2) is 42.5 Å². The number of fused-ring (bicyclic) bond motifs is 1. The molecular weight excluding hydrogens is 368 g/mol. The Morgan fingerprint density at radius 3 is 2.89 bits per heavy atom. The number of nitrogens with one attached hydrogen (secondary N) is 1. The van der Waals surface area contributed by atoms with E-state index in [9.17, 15) is 9.59 Å². The van der Waals surface area contributed by atoms with E-state index in [4.69, 9.17) is 21.1 Å². The number of anilines is 1. The number of hydrogen-bond donors (Lipinski definition) is 1. The summed E-state index contributed by atoms with van der Waals surface area (Å²) >= 11 is 5.97. The number of carbonyl (C=O) groups excluding carboxylic acids is 2. The highest BCUT2D eigenvalue weighted by Gasteiger charge is 2.35. The van der Waals surface area contributed by atoms with E-state index in [0.717, 1.165) is 11.3 Å². The fourth-order valence-electron chi connectivity index (χ4n) is 3.35. The lowest BCUT2D eigenvalue weighted by atomic mass is 10.1. The Kier molecular flexibility index (Phi) is 4.90. The highest BCUT2D eigenvalue weighted by Crippen LogP contribution is 2.37. The van der Waals surface area contributed by atoms with Gasteiger partial charge in [0.1, 0.15) is 0 Å². The highest BCUT2D eigenvalue weighted by molar-refractivity contribution is 6.30. The predicted octanol–water partition coefficient (Wildman–Crippen LogP) is 2.78. The lowest BCUT2D eigenvalue weighted by Gasteiger charge is -2.17. The van der Waals surface area contributed by atoms with Gasteiger partial charge in [-0.05, 0) is 36.2 Å². The molecule has 27 heavy (non-hydrogen) atoms. The third-order valence-electron chi connectivity index (χ3n) is 4.77. The summed E-state index contributed by atoms with van der Waals surface area (Å²) in [5.41, 5.74) is 1.78. The van der Waals surface area contributed by atoms with E-state index < -0.39 is 0 Å². The smallest absolute Gasteiger partial charge is 0.231 e. The van der Waals surface area contributed by atoms with Crippen molar-refractivity contribution >= 4 is 29.1 Å². The maximum atomic E-state index is 12.5. The van der Waals surface area contributed by atoms with E-state index in [1.807, 2.05) is 30.3 Å². The van der Waals surface area contributed by atoms with Crippen LogP contribution in [0.3, 0.4) is 0 Å². The first kappa shape index (κ1) is 17.7. The summed E-state index contributed by atoms with van der Waals surface area (Å²) in [5.74, 6) is 0.759. The maximum absolute atomic E-state index is 12.5. The summed E-state index contributed by atoms with van der Waals surface area (Å²) in [6.07, 6.45) is 0.899. The molecule has 7 heteroatoms. The van der Waals surface area contributed by atoms with Crippen molar-refractivity contribution in [3.63, 3.8) is 0 Å². The van der Waals surface area contributed by atoms with Crippen LogP contribution in [-0.4, -0.2) is 31.7 Å². The zero-order valence-corrected chi connectivity index (χ0v) is 15.4. The quantitative estimate of drug-likeness (QED) is 0.858. The third kappa shape index (κ3) is 3.85. The summed E-state index contributed by atoms with van der Waals surface area (Å²) in [7, 11) is 0. The number of rotatable bonds is 5. The van der Waals surface area contributed by atoms with Gasteiger partial charge in [-0.15, -0.1) is 0 Å². The van der Waals surface area contributed by atoms with Crippen LogP contribution >= 0.6 is 11.6 Å². The van der Waals surface area contributed by atoms with Crippen molar-refractivity contribution in [3.05, 3.63) is 53.1 Å². The van der Waals surface area contributed by atoms with Crippen molar-refractivity contribution in [3.8, 4) is 11.5 Å². The summed E-state index contributed by atoms with van der Waals surface area (Å²) < 4.78 is 10.7. The van der Waals surface area contributed by atoms with Gasteiger partial charge in [0, 0.05) is 36.3 Å². The van der Waals surface area contributed by atoms with E-state index in [-0.39, 0.29) is 30.9 Å². The van der Waals surface area contributed by atoms with E-state index >= 15 is 0 Å². The molecule has 2 aliphatic heterocycles. The number of amides is 2. The molecule has 1 unspecified atom stereocenters. The Hall–Kier alpha value is -2.73. The monoisotopic (exact) mass is 386 g/mol. The molecule has 6 nitrogen and oxygen atoms in total. The van der Waals surface area contributed by atoms with Crippen LogP contribution in [-0.2, 0) is 16.0 Å². The number of halogens is 1. The van der Waals surface area contributed by atoms with Gasteiger partial charge in [-0.3, -0.25) is 9.59 Å². The van der Waals surface area contributed by atoms with Crippen molar-refractivity contribution in [1.29, 1.82) is 0 Å². The maximum Gasteiger partial charge on any atom is 0.231 e. The van der Waals surface area contributed by atoms with Gasteiger partial charge < -0.3 is 19.7 Å². The molecule has 1 N–H and O–H groups in total. The second-order valence-electron chi connectivity index (χ2n) is 6.61. The highest BCUT2D eigenvalue weighted by atomic mass is 35.5. The van der Waals surface area contributed by atoms with Crippen LogP contribution in [0.2, 0.25) is 5.02 Å². The van der Waals surface area contributed by atoms with Crippen molar-refractivity contribution in [2.75, 3.05) is 24.8 Å². The van der Waals surface area contributed by atoms with Gasteiger partial charge >= 0.3 is 0 Å². The van der Waals surface area contributed by atoms with Crippen molar-refractivity contribution in [2.45, 2.75) is 12.8 Å². The number of ether oxygens (including phenoxy) is 2. The molecule has 4 rings (SSSR count). The van der Waals surface area contributed by atoms with Gasteiger partial charge in [0.2, 0.25) is 18.6 Å². The Morgan fingerprint density at radius 2 is 2.04 bits per heavy atom. The van der Waals surface area contributed by atoms with Gasteiger partial charge in [0.25, 0.3) is 0 Å². The zero-order valence-electron chi connectivity index (χ0n) is 14.6. The molecule has 0 aliphatic carbocycles. The van der Waals surface area contributed by atoms with Crippen LogP contribution in [0, 0.1) is 5.92 Å². The molecule has 0 bridgehead atoms. The molecule has 2 aromatic rings. The van der Waals surface area contributed by atoms with E-state index in [1.165, 1.54) is 0 Å². The average Bonchev–Trinajstić information content (AvgIpc) is 3.27. The lowest BCUT2D eigenvalue weighted by Crippen LogP contribution is -2.34. The molecule has 0 aromatic heterocycles.